The van der Waals surface area contributed by atoms with Crippen LogP contribution in [0.3, 0.4) is 0 Å². The predicted molar refractivity (Wildman–Crippen MR) is 141 cm³/mol. The van der Waals surface area contributed by atoms with Gasteiger partial charge in [-0.25, -0.2) is 0 Å². The van der Waals surface area contributed by atoms with E-state index < -0.39 is 0 Å². The summed E-state index contributed by atoms with van der Waals surface area (Å²) in [5.41, 5.74) is 9.43. The van der Waals surface area contributed by atoms with E-state index >= 15 is 0 Å². The van der Waals surface area contributed by atoms with Crippen LogP contribution in [0.1, 0.15) is 115 Å². The van der Waals surface area contributed by atoms with Crippen molar-refractivity contribution in [1.82, 2.24) is 0 Å². The molecule has 2 aromatic rings. The molecule has 0 aliphatic rings. The van der Waals surface area contributed by atoms with E-state index in [0.29, 0.717) is 23.7 Å². The molecule has 0 fully saturated rings. The van der Waals surface area contributed by atoms with Crippen LogP contribution in [-0.2, 0) is 19.5 Å². The fourth-order valence-corrected chi connectivity index (χ4v) is 3.78. The second-order valence-corrected chi connectivity index (χ2v) is 9.58. The molecule has 2 nitrogen and oxygen atoms in total. The Hall–Kier alpha value is -1.60. The molecule has 170 valence electrons. The topological polar surface area (TPSA) is 24.7 Å². The van der Waals surface area contributed by atoms with Crippen molar-refractivity contribution in [2.45, 2.75) is 92.9 Å². The van der Waals surface area contributed by atoms with Crippen molar-refractivity contribution in [3.05, 3.63) is 66.1 Å². The summed E-state index contributed by atoms with van der Waals surface area (Å²) in [5.74, 6) is 1.73. The molecule has 2 rings (SSSR count). The smallest absolute Gasteiger partial charge is 0.358 e. The number of nitrogens with zero attached hydrogens (tertiary/aromatic N) is 2. The second kappa shape index (κ2) is 13.2. The van der Waals surface area contributed by atoms with Gasteiger partial charge in [0, 0.05) is 0 Å². The normalized spacial score (nSPS) is 12.4. The number of benzene rings is 2. The van der Waals surface area contributed by atoms with Crippen LogP contribution in [0.5, 0.6) is 0 Å². The van der Waals surface area contributed by atoms with E-state index in [9.17, 15) is 0 Å². The Balaban J connectivity index is 0.00000480. The van der Waals surface area contributed by atoms with Crippen LogP contribution < -0.4 is 0 Å². The van der Waals surface area contributed by atoms with Gasteiger partial charge >= 0.3 is 19.5 Å². The third-order valence-corrected chi connectivity index (χ3v) is 5.77. The molecule has 0 saturated carbocycles. The first kappa shape index (κ1) is 30.4. The molecular weight excluding hydrogens is 442 g/mol. The van der Waals surface area contributed by atoms with Gasteiger partial charge in [0.15, 0.2) is 0 Å². The maximum Gasteiger partial charge on any atom is 2.00 e. The zero-order valence-electron chi connectivity index (χ0n) is 22.4. The van der Waals surface area contributed by atoms with Crippen molar-refractivity contribution in [1.29, 1.82) is 0 Å². The van der Waals surface area contributed by atoms with Crippen molar-refractivity contribution < 1.29 is 19.5 Å². The maximum absolute atomic E-state index is 5.13. The van der Waals surface area contributed by atoms with Crippen LogP contribution in [0, 0.1) is 7.43 Å². The third kappa shape index (κ3) is 7.21. The van der Waals surface area contributed by atoms with Gasteiger partial charge in [-0.15, -0.1) is 0 Å². The Morgan fingerprint density at radius 3 is 0.938 bits per heavy atom. The summed E-state index contributed by atoms with van der Waals surface area (Å²) < 4.78 is 0. The Labute approximate surface area is 210 Å². The minimum absolute atomic E-state index is 0. The first-order valence-corrected chi connectivity index (χ1v) is 11.4. The molecule has 0 bridgehead atoms. The molecule has 0 atom stereocenters. The van der Waals surface area contributed by atoms with Gasteiger partial charge in [-0.05, 0) is 59.8 Å². The van der Waals surface area contributed by atoms with Crippen LogP contribution in [0.4, 0.5) is 11.4 Å². The molecule has 0 heterocycles. The van der Waals surface area contributed by atoms with Crippen LogP contribution in [0.15, 0.2) is 46.4 Å². The van der Waals surface area contributed by atoms with Gasteiger partial charge in [0.1, 0.15) is 0 Å². The molecule has 0 radical (unpaired) electrons. The number of para-hydroxylation sites is 2. The van der Waals surface area contributed by atoms with Crippen molar-refractivity contribution in [3.63, 3.8) is 0 Å². The number of rotatable bonds is 7. The average molecular weight is 485 g/mol. The predicted octanol–water partition coefficient (Wildman–Crippen LogP) is 9.51. The van der Waals surface area contributed by atoms with Crippen molar-refractivity contribution in [2.75, 3.05) is 0 Å². The van der Waals surface area contributed by atoms with Gasteiger partial charge in [0.05, 0.1) is 22.8 Å². The minimum atomic E-state index is 0. The Kier molecular flexibility index (Phi) is 12.5. The van der Waals surface area contributed by atoms with E-state index in [1.54, 1.807) is 0 Å². The van der Waals surface area contributed by atoms with Gasteiger partial charge in [-0.2, -0.15) is 0 Å². The average Bonchev–Trinajstić information content (AvgIpc) is 2.67. The summed E-state index contributed by atoms with van der Waals surface area (Å²) in [7, 11) is 0. The van der Waals surface area contributed by atoms with E-state index in [2.05, 4.69) is 106 Å². The fraction of sp³-hybridized carbons (Fsp3) is 0.483. The Morgan fingerprint density at radius 2 is 0.750 bits per heavy atom. The van der Waals surface area contributed by atoms with E-state index in [1.807, 2.05) is 0 Å². The number of aliphatic imine (C=N–C) groups is 2. The minimum Gasteiger partial charge on any atom is -0.358 e. The van der Waals surface area contributed by atoms with Gasteiger partial charge in [-0.1, -0.05) is 91.8 Å². The standard InChI is InChI=1S/C28H40N2.CH3.Zn/c1-17(2)23-13-11-14-24(18(3)4)27(23)29-21(9)22(10)30-28-25(19(5)6)15-12-16-26(28)20(7)8;;/h11-20H,1-10H3;1H3;/q;-1;+2. The quantitative estimate of drug-likeness (QED) is 0.212. The maximum atomic E-state index is 5.13. The molecule has 2 aromatic carbocycles. The Bertz CT molecular complexity index is 804. The molecule has 0 spiro atoms. The van der Waals surface area contributed by atoms with Crippen molar-refractivity contribution in [3.8, 4) is 0 Å². The van der Waals surface area contributed by atoms with Crippen LogP contribution in [-0.4, -0.2) is 11.4 Å². The van der Waals surface area contributed by atoms with Crippen LogP contribution >= 0.6 is 0 Å². The van der Waals surface area contributed by atoms with Gasteiger partial charge in [0.2, 0.25) is 0 Å². The van der Waals surface area contributed by atoms with Crippen LogP contribution in [0.2, 0.25) is 0 Å². The van der Waals surface area contributed by atoms with Crippen LogP contribution in [0.25, 0.3) is 0 Å². The summed E-state index contributed by atoms with van der Waals surface area (Å²) in [6.45, 7) is 22.1. The first-order chi connectivity index (χ1) is 14.0. The molecule has 3 heteroatoms. The largest absolute Gasteiger partial charge is 2.00 e. The first-order valence-electron chi connectivity index (χ1n) is 11.4. The fourth-order valence-electron chi connectivity index (χ4n) is 3.78. The molecule has 0 aromatic heterocycles. The van der Waals surface area contributed by atoms with Gasteiger partial charge in [0.25, 0.3) is 0 Å². The number of hydrogen-bond donors (Lipinski definition) is 0. The van der Waals surface area contributed by atoms with E-state index in [4.69, 9.17) is 9.98 Å². The molecule has 32 heavy (non-hydrogen) atoms. The van der Waals surface area contributed by atoms with Gasteiger partial charge < -0.3 is 7.43 Å². The summed E-state index contributed by atoms with van der Waals surface area (Å²) in [5, 5.41) is 0. The van der Waals surface area contributed by atoms with Gasteiger partial charge in [-0.3, -0.25) is 9.98 Å². The molecule has 0 unspecified atom stereocenters. The zero-order valence-corrected chi connectivity index (χ0v) is 25.3. The summed E-state index contributed by atoms with van der Waals surface area (Å²) in [4.78, 5) is 10.3. The second-order valence-electron chi connectivity index (χ2n) is 9.58. The molecular formula is C29H43N2Zn+. The molecule has 0 N–H and O–H groups in total. The molecule has 0 aliphatic heterocycles. The van der Waals surface area contributed by atoms with Crippen molar-refractivity contribution >= 4 is 22.8 Å². The zero-order chi connectivity index (χ0) is 22.6. The summed E-state index contributed by atoms with van der Waals surface area (Å²) in [6, 6.07) is 13.2. The Morgan fingerprint density at radius 1 is 0.531 bits per heavy atom. The molecule has 0 aliphatic carbocycles. The molecule has 0 saturated heterocycles. The van der Waals surface area contributed by atoms with E-state index in [0.717, 1.165) is 22.8 Å². The van der Waals surface area contributed by atoms with E-state index in [1.165, 1.54) is 22.3 Å². The number of hydrogen-bond acceptors (Lipinski definition) is 2. The third-order valence-electron chi connectivity index (χ3n) is 5.77. The monoisotopic (exact) mass is 483 g/mol. The summed E-state index contributed by atoms with van der Waals surface area (Å²) in [6.07, 6.45) is 0. The van der Waals surface area contributed by atoms with Crippen molar-refractivity contribution in [2.24, 2.45) is 9.98 Å². The van der Waals surface area contributed by atoms with E-state index in [-0.39, 0.29) is 26.9 Å². The summed E-state index contributed by atoms with van der Waals surface area (Å²) >= 11 is 0. The SMILES string of the molecule is CC(=Nc1c(C(C)C)cccc1C(C)C)C(C)=Nc1c(C(C)C)cccc1C(C)C.[CH3-].[Zn+2]. The molecule has 0 amide bonds.